The normalized spacial score (nSPS) is 30.9. The Morgan fingerprint density at radius 2 is 2.00 bits per heavy atom. The smallest absolute Gasteiger partial charge is 0.288 e. The molecule has 6 nitrogen and oxygen atoms in total. The zero-order valence-corrected chi connectivity index (χ0v) is 18.8. The van der Waals surface area contributed by atoms with Crippen LogP contribution in [0, 0.1) is 11.8 Å². The van der Waals surface area contributed by atoms with E-state index < -0.39 is 0 Å². The minimum atomic E-state index is -0.367. The summed E-state index contributed by atoms with van der Waals surface area (Å²) < 4.78 is 1.64. The van der Waals surface area contributed by atoms with Gasteiger partial charge in [0.25, 0.3) is 5.56 Å². The molecule has 4 saturated carbocycles. The molecule has 4 aliphatic rings. The predicted octanol–water partition coefficient (Wildman–Crippen LogP) is 4.39. The average molecular weight is 441 g/mol. The Hall–Kier alpha value is -2.34. The van der Waals surface area contributed by atoms with Gasteiger partial charge in [-0.05, 0) is 74.5 Å². The van der Waals surface area contributed by atoms with Gasteiger partial charge in [-0.15, -0.1) is 0 Å². The molecule has 7 heteroatoms. The summed E-state index contributed by atoms with van der Waals surface area (Å²) >= 11 is 6.58. The second-order valence-corrected chi connectivity index (χ2v) is 10.3. The van der Waals surface area contributed by atoms with Gasteiger partial charge in [-0.25, -0.2) is 4.68 Å². The van der Waals surface area contributed by atoms with Gasteiger partial charge >= 0.3 is 0 Å². The van der Waals surface area contributed by atoms with Gasteiger partial charge in [0, 0.05) is 18.2 Å². The first kappa shape index (κ1) is 20.6. The Morgan fingerprint density at radius 1 is 1.26 bits per heavy atom. The van der Waals surface area contributed by atoms with Crippen molar-refractivity contribution in [1.82, 2.24) is 15.1 Å². The summed E-state index contributed by atoms with van der Waals surface area (Å²) in [5.74, 6) is 1.02. The summed E-state index contributed by atoms with van der Waals surface area (Å²) in [6.45, 7) is 3.69. The van der Waals surface area contributed by atoms with Crippen molar-refractivity contribution >= 4 is 28.9 Å². The van der Waals surface area contributed by atoms with Gasteiger partial charge in [-0.2, -0.15) is 5.10 Å². The van der Waals surface area contributed by atoms with Crippen LogP contribution in [0.4, 0.5) is 11.4 Å². The van der Waals surface area contributed by atoms with Crippen LogP contribution in [0.2, 0.25) is 5.02 Å². The van der Waals surface area contributed by atoms with Crippen molar-refractivity contribution in [2.45, 2.75) is 69.9 Å². The fourth-order valence-electron chi connectivity index (χ4n) is 6.86. The van der Waals surface area contributed by atoms with E-state index >= 15 is 0 Å². The van der Waals surface area contributed by atoms with Gasteiger partial charge in [-0.1, -0.05) is 30.7 Å². The number of carbonyl (C=O) groups excluding carboxylic acids is 1. The molecule has 6 rings (SSSR count). The van der Waals surface area contributed by atoms with Gasteiger partial charge in [-0.3, -0.25) is 9.59 Å². The molecular weight excluding hydrogens is 412 g/mol. The summed E-state index contributed by atoms with van der Waals surface area (Å²) in [6, 6.07) is 8.07. The quantitative estimate of drug-likeness (QED) is 0.723. The Balaban J connectivity index is 1.49. The van der Waals surface area contributed by atoms with Crippen molar-refractivity contribution in [3.8, 4) is 0 Å². The molecule has 1 aromatic carbocycles. The molecule has 2 N–H and O–H groups in total. The number of nitrogens with one attached hydrogen (secondary N) is 2. The average Bonchev–Trinajstić information content (AvgIpc) is 2.69. The van der Waals surface area contributed by atoms with Gasteiger partial charge in [0.1, 0.15) is 5.02 Å². The Morgan fingerprint density at radius 3 is 2.68 bits per heavy atom. The molecule has 1 aromatic heterocycles. The van der Waals surface area contributed by atoms with Crippen molar-refractivity contribution in [1.29, 1.82) is 0 Å². The topological polar surface area (TPSA) is 76.0 Å². The maximum atomic E-state index is 13.4. The molecule has 0 radical (unpaired) electrons. The first-order valence-electron chi connectivity index (χ1n) is 11.2. The lowest BCUT2D eigenvalue weighted by Crippen LogP contribution is -2.67. The summed E-state index contributed by atoms with van der Waals surface area (Å²) in [7, 11) is 0. The summed E-state index contributed by atoms with van der Waals surface area (Å²) in [4.78, 5) is 25.3. The van der Waals surface area contributed by atoms with Crippen molar-refractivity contribution in [2.75, 3.05) is 5.32 Å². The van der Waals surface area contributed by atoms with Gasteiger partial charge in [0.2, 0.25) is 5.91 Å². The number of aromatic nitrogens is 2. The molecule has 2 atom stereocenters. The van der Waals surface area contributed by atoms with E-state index in [9.17, 15) is 9.59 Å². The Bertz CT molecular complexity index is 1080. The monoisotopic (exact) mass is 440 g/mol. The van der Waals surface area contributed by atoms with Crippen LogP contribution in [-0.4, -0.2) is 21.2 Å². The second-order valence-electron chi connectivity index (χ2n) is 9.91. The molecule has 2 unspecified atom stereocenters. The molecule has 4 aliphatic carbocycles. The van der Waals surface area contributed by atoms with Crippen LogP contribution in [0.5, 0.6) is 0 Å². The number of carbonyl (C=O) groups is 1. The molecule has 4 fully saturated rings. The van der Waals surface area contributed by atoms with Crippen LogP contribution >= 0.6 is 11.6 Å². The number of amides is 1. The molecule has 2 aromatic rings. The lowest BCUT2D eigenvalue weighted by atomic mass is 9.50. The van der Waals surface area contributed by atoms with E-state index in [0.29, 0.717) is 17.5 Å². The molecule has 1 amide bonds. The molecule has 1 heterocycles. The van der Waals surface area contributed by atoms with Crippen molar-refractivity contribution in [3.05, 3.63) is 51.4 Å². The Kier molecular flexibility index (Phi) is 4.88. The minimum absolute atomic E-state index is 0.00398. The summed E-state index contributed by atoms with van der Waals surface area (Å²) in [5.41, 5.74) is 1.78. The molecule has 0 spiro atoms. The lowest BCUT2D eigenvalue weighted by Gasteiger charge is -2.61. The number of hydrogen-bond donors (Lipinski definition) is 2. The highest BCUT2D eigenvalue weighted by Crippen LogP contribution is 2.60. The van der Waals surface area contributed by atoms with Crippen LogP contribution < -0.4 is 16.2 Å². The summed E-state index contributed by atoms with van der Waals surface area (Å²) in [5, 5.41) is 11.3. The summed E-state index contributed by atoms with van der Waals surface area (Å²) in [6.07, 6.45) is 8.40. The van der Waals surface area contributed by atoms with Crippen LogP contribution in [0.25, 0.3) is 0 Å². The number of halogens is 1. The third kappa shape index (κ3) is 3.55. The third-order valence-corrected chi connectivity index (χ3v) is 7.82. The van der Waals surface area contributed by atoms with Crippen LogP contribution in [-0.2, 0) is 16.8 Å². The van der Waals surface area contributed by atoms with E-state index in [1.54, 1.807) is 17.8 Å². The van der Waals surface area contributed by atoms with E-state index in [1.165, 1.54) is 12.0 Å². The standard InChI is InChI=1S/C24H29ClN4O2/c1-3-16-5-4-6-19(8-16)27-20-13-26-29(22(31)21(20)25)24-11-17-7-18(12-24)10-23(9-17,14-24)28-15(2)30/h4-6,8,13,17-18,27H,3,7,9-12,14H2,1-2H3,(H,28,30). The molecule has 31 heavy (non-hydrogen) atoms. The molecule has 0 saturated heterocycles. The lowest BCUT2D eigenvalue weighted by molar-refractivity contribution is -0.128. The molecular formula is C24H29ClN4O2. The van der Waals surface area contributed by atoms with Crippen LogP contribution in [0.1, 0.15) is 57.9 Å². The predicted molar refractivity (Wildman–Crippen MR) is 122 cm³/mol. The highest BCUT2D eigenvalue weighted by Gasteiger charge is 2.59. The van der Waals surface area contributed by atoms with Crippen LogP contribution in [0.3, 0.4) is 0 Å². The minimum Gasteiger partial charge on any atom is -0.353 e. The SMILES string of the molecule is CCc1cccc(Nc2cnn(C34CC5CC(CC(NC(C)=O)(C5)C3)C4)c(=O)c2Cl)c1. The largest absolute Gasteiger partial charge is 0.353 e. The van der Waals surface area contributed by atoms with Gasteiger partial charge in [0.05, 0.1) is 17.4 Å². The number of hydrogen-bond acceptors (Lipinski definition) is 4. The van der Waals surface area contributed by atoms with Gasteiger partial charge < -0.3 is 10.6 Å². The van der Waals surface area contributed by atoms with E-state index in [0.717, 1.165) is 44.2 Å². The van der Waals surface area contributed by atoms with E-state index in [1.807, 2.05) is 12.1 Å². The first-order chi connectivity index (χ1) is 14.8. The highest BCUT2D eigenvalue weighted by molar-refractivity contribution is 6.33. The third-order valence-electron chi connectivity index (χ3n) is 7.45. The number of aryl methyl sites for hydroxylation is 1. The first-order valence-corrected chi connectivity index (χ1v) is 11.6. The zero-order chi connectivity index (χ0) is 21.8. The number of benzene rings is 1. The van der Waals surface area contributed by atoms with E-state index in [2.05, 4.69) is 34.8 Å². The Labute approximate surface area is 187 Å². The number of nitrogens with zero attached hydrogens (tertiary/aromatic N) is 2. The number of anilines is 2. The van der Waals surface area contributed by atoms with Gasteiger partial charge in [0.15, 0.2) is 0 Å². The van der Waals surface area contributed by atoms with Crippen molar-refractivity contribution in [3.63, 3.8) is 0 Å². The fourth-order valence-corrected chi connectivity index (χ4v) is 7.04. The highest BCUT2D eigenvalue weighted by atomic mass is 35.5. The van der Waals surface area contributed by atoms with Crippen molar-refractivity contribution in [2.24, 2.45) is 11.8 Å². The maximum Gasteiger partial charge on any atom is 0.288 e. The van der Waals surface area contributed by atoms with E-state index in [-0.39, 0.29) is 27.6 Å². The van der Waals surface area contributed by atoms with E-state index in [4.69, 9.17) is 11.6 Å². The van der Waals surface area contributed by atoms with Crippen LogP contribution in [0.15, 0.2) is 35.3 Å². The molecule has 164 valence electrons. The fraction of sp³-hybridized carbons (Fsp3) is 0.542. The maximum absolute atomic E-state index is 13.4. The molecule has 4 bridgehead atoms. The molecule has 0 aliphatic heterocycles. The number of rotatable bonds is 5. The zero-order valence-electron chi connectivity index (χ0n) is 18.1. The van der Waals surface area contributed by atoms with Crippen molar-refractivity contribution < 1.29 is 4.79 Å². The second kappa shape index (κ2) is 7.37.